The van der Waals surface area contributed by atoms with Crippen molar-refractivity contribution >= 4 is 5.96 Å². The van der Waals surface area contributed by atoms with Crippen LogP contribution < -0.4 is 10.9 Å². The van der Waals surface area contributed by atoms with Gasteiger partial charge in [0, 0.05) is 0 Å². The number of hydrogen-bond donors (Lipinski definition) is 3. The number of rotatable bonds is 0. The van der Waals surface area contributed by atoms with Crippen LogP contribution >= 0.6 is 0 Å². The van der Waals surface area contributed by atoms with Crippen molar-refractivity contribution in [3.63, 3.8) is 0 Å². The normalized spacial score (nSPS) is 17.5. The molecule has 1 rings (SSSR count). The number of hydrogen-bond acceptors (Lipinski definition) is 1. The molecule has 0 aromatic heterocycles. The molecule has 0 aromatic carbocycles. The molecular weight excluding hydrogens is 54.0 g/mol. The second-order valence-electron chi connectivity index (χ2n) is 0.625. The first-order valence-corrected chi connectivity index (χ1v) is 1.00. The summed E-state index contributed by atoms with van der Waals surface area (Å²) in [4.78, 5) is 0. The minimum Gasteiger partial charge on any atom is -0.267 e. The summed E-state index contributed by atoms with van der Waals surface area (Å²) in [5, 5.41) is 6.39. The molecule has 1 saturated heterocycles. The molecule has 3 nitrogen and oxygen atoms in total. The summed E-state index contributed by atoms with van der Waals surface area (Å²) in [6.07, 6.45) is 0. The van der Waals surface area contributed by atoms with Crippen LogP contribution in [0.4, 0.5) is 0 Å². The van der Waals surface area contributed by atoms with Gasteiger partial charge in [-0.25, -0.2) is 0 Å². The van der Waals surface area contributed by atoms with Gasteiger partial charge >= 0.3 is 0 Å². The molecule has 1 heterocycles. The Morgan fingerprint density at radius 3 is 1.75 bits per heavy atom. The van der Waals surface area contributed by atoms with Crippen molar-refractivity contribution in [2.24, 2.45) is 0 Å². The predicted octanol–water partition coefficient (Wildman–Crippen LogP) is -0.971. The Morgan fingerprint density at radius 2 is 1.75 bits per heavy atom. The first-order valence-electron chi connectivity index (χ1n) is 1.00. The average Bonchev–Trinajstić information content (AvgIpc) is 1.75. The Balaban J connectivity index is 2.60. The summed E-state index contributed by atoms with van der Waals surface area (Å²) in [7, 11) is 0. The summed E-state index contributed by atoms with van der Waals surface area (Å²) in [5.41, 5.74) is 4.86. The molecule has 0 spiro atoms. The van der Waals surface area contributed by atoms with Gasteiger partial charge in [0.1, 0.15) is 0 Å². The molecule has 1 aliphatic heterocycles. The van der Waals surface area contributed by atoms with Gasteiger partial charge in [-0.2, -0.15) is 0 Å². The van der Waals surface area contributed by atoms with Crippen LogP contribution in [-0.2, 0) is 0 Å². The van der Waals surface area contributed by atoms with Gasteiger partial charge in [0.25, 0.3) is 0 Å². The van der Waals surface area contributed by atoms with Gasteiger partial charge in [-0.15, -0.1) is 0 Å². The Hall–Kier alpha value is -0.730. The maximum absolute atomic E-state index is 6.39. The highest BCUT2D eigenvalue weighted by molar-refractivity contribution is 5.87. The molecule has 0 amide bonds. The highest BCUT2D eigenvalue weighted by atomic mass is 15.6. The molecule has 0 aliphatic carbocycles. The van der Waals surface area contributed by atoms with Gasteiger partial charge in [0.05, 0.1) is 0 Å². The van der Waals surface area contributed by atoms with Gasteiger partial charge in [-0.3, -0.25) is 16.3 Å². The zero-order chi connectivity index (χ0) is 2.99. The van der Waals surface area contributed by atoms with Crippen molar-refractivity contribution < 1.29 is 0 Å². The highest BCUT2D eigenvalue weighted by Crippen LogP contribution is 1.59. The maximum atomic E-state index is 6.39. The van der Waals surface area contributed by atoms with Crippen molar-refractivity contribution in [3.8, 4) is 0 Å². The second-order valence-corrected chi connectivity index (χ2v) is 0.625. The van der Waals surface area contributed by atoms with Crippen molar-refractivity contribution in [1.82, 2.24) is 10.9 Å². The third-order valence-electron chi connectivity index (χ3n) is 0.250. The SMILES string of the molecule is N=C1NN1. The topological polar surface area (TPSA) is 67.7 Å². The monoisotopic (exact) mass is 57.0 g/mol. The molecule has 0 unspecified atom stereocenters. The van der Waals surface area contributed by atoms with Gasteiger partial charge in [0.2, 0.25) is 5.96 Å². The molecule has 4 heavy (non-hydrogen) atoms. The third-order valence-corrected chi connectivity index (χ3v) is 0.250. The Kier molecular flexibility index (Phi) is 0.0791. The minimum absolute atomic E-state index is 0.417. The van der Waals surface area contributed by atoms with E-state index in [0.717, 1.165) is 0 Å². The Labute approximate surface area is 23.5 Å². The van der Waals surface area contributed by atoms with E-state index in [1.54, 1.807) is 0 Å². The van der Waals surface area contributed by atoms with E-state index < -0.39 is 0 Å². The van der Waals surface area contributed by atoms with Crippen LogP contribution in [0.5, 0.6) is 0 Å². The zero-order valence-corrected chi connectivity index (χ0v) is 2.00. The molecule has 0 saturated carbocycles. The van der Waals surface area contributed by atoms with E-state index in [9.17, 15) is 0 Å². The number of guanidine groups is 1. The molecule has 22 valence electrons. The van der Waals surface area contributed by atoms with Crippen LogP contribution in [0.25, 0.3) is 0 Å². The lowest BCUT2D eigenvalue weighted by molar-refractivity contribution is 1.17. The minimum atomic E-state index is 0.417. The van der Waals surface area contributed by atoms with Gasteiger partial charge < -0.3 is 0 Å². The second kappa shape index (κ2) is 0.201. The lowest BCUT2D eigenvalue weighted by atomic mass is 11.3. The molecule has 0 atom stereocenters. The van der Waals surface area contributed by atoms with E-state index in [4.69, 9.17) is 5.41 Å². The molecule has 3 N–H and O–H groups in total. The van der Waals surface area contributed by atoms with Crippen LogP contribution in [0.1, 0.15) is 0 Å². The fourth-order valence-corrected chi connectivity index (χ4v) is 0.0312. The third kappa shape index (κ3) is 0.0180. The fraction of sp³-hybridized carbons (Fsp3) is 0. The van der Waals surface area contributed by atoms with Crippen LogP contribution in [-0.4, -0.2) is 5.96 Å². The van der Waals surface area contributed by atoms with E-state index in [2.05, 4.69) is 10.9 Å². The largest absolute Gasteiger partial charge is 0.267 e. The molecule has 0 radical (unpaired) electrons. The van der Waals surface area contributed by atoms with E-state index in [0.29, 0.717) is 5.96 Å². The molecular formula is CH3N3. The maximum Gasteiger partial charge on any atom is 0.226 e. The van der Waals surface area contributed by atoms with Gasteiger partial charge in [-0.1, -0.05) is 0 Å². The Morgan fingerprint density at radius 1 is 1.50 bits per heavy atom. The van der Waals surface area contributed by atoms with Crippen LogP contribution in [0.2, 0.25) is 0 Å². The number of hydrazine groups is 1. The van der Waals surface area contributed by atoms with Crippen molar-refractivity contribution in [3.05, 3.63) is 0 Å². The lowest BCUT2D eigenvalue weighted by Crippen LogP contribution is -1.71. The summed E-state index contributed by atoms with van der Waals surface area (Å²) < 4.78 is 0. The van der Waals surface area contributed by atoms with Gasteiger partial charge in [0.15, 0.2) is 0 Å². The molecule has 3 heteroatoms. The van der Waals surface area contributed by atoms with E-state index in [-0.39, 0.29) is 0 Å². The molecule has 1 aliphatic rings. The summed E-state index contributed by atoms with van der Waals surface area (Å²) >= 11 is 0. The molecule has 1 fully saturated rings. The fourth-order valence-electron chi connectivity index (χ4n) is 0.0312. The number of nitrogens with one attached hydrogen (secondary N) is 3. The zero-order valence-electron chi connectivity index (χ0n) is 2.00. The average molecular weight is 57.1 g/mol. The van der Waals surface area contributed by atoms with E-state index >= 15 is 0 Å². The lowest BCUT2D eigenvalue weighted by Gasteiger charge is -1.27. The summed E-state index contributed by atoms with van der Waals surface area (Å²) in [6.45, 7) is 0. The van der Waals surface area contributed by atoms with Crippen molar-refractivity contribution in [2.45, 2.75) is 0 Å². The predicted molar refractivity (Wildman–Crippen MR) is 14.0 cm³/mol. The smallest absolute Gasteiger partial charge is 0.226 e. The Bertz CT molecular complexity index is 41.2. The van der Waals surface area contributed by atoms with Crippen LogP contribution in [0, 0.1) is 5.41 Å². The first-order chi connectivity index (χ1) is 1.89. The summed E-state index contributed by atoms with van der Waals surface area (Å²) in [5.74, 6) is 0.417. The van der Waals surface area contributed by atoms with E-state index in [1.807, 2.05) is 0 Å². The molecule has 0 aromatic rings. The van der Waals surface area contributed by atoms with Crippen molar-refractivity contribution in [1.29, 1.82) is 5.41 Å². The van der Waals surface area contributed by atoms with Crippen LogP contribution in [0.15, 0.2) is 0 Å². The highest BCUT2D eigenvalue weighted by Gasteiger charge is 2.01. The molecule has 0 bridgehead atoms. The van der Waals surface area contributed by atoms with Crippen molar-refractivity contribution in [2.75, 3.05) is 0 Å². The summed E-state index contributed by atoms with van der Waals surface area (Å²) in [6, 6.07) is 0. The quantitative estimate of drug-likeness (QED) is 0.313. The first kappa shape index (κ1) is 1.58. The van der Waals surface area contributed by atoms with Crippen LogP contribution in [0.3, 0.4) is 0 Å². The van der Waals surface area contributed by atoms with E-state index in [1.165, 1.54) is 0 Å². The standard InChI is InChI=1S/CH3N3/c2-1-3-4-1/h(H3,2,3,4). The van der Waals surface area contributed by atoms with Gasteiger partial charge in [-0.05, 0) is 0 Å².